The minimum atomic E-state index is -4.08. The molecule has 0 fully saturated rings. The zero-order chi connectivity index (χ0) is 25.9. The van der Waals surface area contributed by atoms with Crippen LogP contribution in [0.2, 0.25) is 5.02 Å². The first-order chi connectivity index (χ1) is 17.2. The Bertz CT molecular complexity index is 1570. The molecule has 0 atom stereocenters. The van der Waals surface area contributed by atoms with Crippen LogP contribution >= 0.6 is 11.6 Å². The van der Waals surface area contributed by atoms with Crippen LogP contribution in [0.5, 0.6) is 5.75 Å². The van der Waals surface area contributed by atoms with Crippen molar-refractivity contribution in [1.82, 2.24) is 5.43 Å². The van der Waals surface area contributed by atoms with E-state index in [4.69, 9.17) is 11.6 Å². The number of carbonyl (C=O) groups excluding carboxylic acids is 1. The van der Waals surface area contributed by atoms with Crippen LogP contribution in [0.4, 0.5) is 5.69 Å². The van der Waals surface area contributed by atoms with Crippen molar-refractivity contribution < 1.29 is 18.3 Å². The first-order valence-corrected chi connectivity index (χ1v) is 12.9. The maximum absolute atomic E-state index is 13.5. The number of phenols is 1. The van der Waals surface area contributed by atoms with E-state index in [2.05, 4.69) is 10.5 Å². The maximum Gasteiger partial charge on any atom is 0.264 e. The molecular formula is C27H24ClN3O4S. The number of amides is 1. The third kappa shape index (κ3) is 5.35. The largest absolute Gasteiger partial charge is 0.507 e. The lowest BCUT2D eigenvalue weighted by molar-refractivity contribution is -0.119. The van der Waals surface area contributed by atoms with Gasteiger partial charge in [-0.25, -0.2) is 13.8 Å². The topological polar surface area (TPSA) is 99.1 Å². The number of nitrogens with zero attached hydrogens (tertiary/aromatic N) is 2. The van der Waals surface area contributed by atoms with Gasteiger partial charge in [0.1, 0.15) is 12.3 Å². The number of aryl methyl sites for hydroxylation is 2. The minimum Gasteiger partial charge on any atom is -0.507 e. The molecular weight excluding hydrogens is 498 g/mol. The van der Waals surface area contributed by atoms with E-state index in [1.807, 2.05) is 31.2 Å². The highest BCUT2D eigenvalue weighted by molar-refractivity contribution is 7.92. The number of nitrogens with one attached hydrogen (secondary N) is 1. The summed E-state index contributed by atoms with van der Waals surface area (Å²) in [7, 11) is -4.08. The van der Waals surface area contributed by atoms with Gasteiger partial charge in [0.05, 0.1) is 16.8 Å². The van der Waals surface area contributed by atoms with Gasteiger partial charge < -0.3 is 5.11 Å². The Balaban J connectivity index is 1.62. The average Bonchev–Trinajstić information content (AvgIpc) is 2.84. The van der Waals surface area contributed by atoms with Crippen molar-refractivity contribution in [2.45, 2.75) is 18.7 Å². The van der Waals surface area contributed by atoms with Gasteiger partial charge in [-0.1, -0.05) is 59.6 Å². The number of rotatable bonds is 7. The van der Waals surface area contributed by atoms with Crippen molar-refractivity contribution in [3.8, 4) is 5.75 Å². The molecule has 0 saturated heterocycles. The summed E-state index contributed by atoms with van der Waals surface area (Å²) in [6.45, 7) is 3.06. The molecule has 4 rings (SSSR count). The van der Waals surface area contributed by atoms with E-state index in [9.17, 15) is 18.3 Å². The Morgan fingerprint density at radius 2 is 1.75 bits per heavy atom. The summed E-state index contributed by atoms with van der Waals surface area (Å²) in [4.78, 5) is 12.9. The fraction of sp³-hybridized carbons (Fsp3) is 0.111. The predicted molar refractivity (Wildman–Crippen MR) is 143 cm³/mol. The van der Waals surface area contributed by atoms with Crippen molar-refractivity contribution in [2.24, 2.45) is 5.10 Å². The summed E-state index contributed by atoms with van der Waals surface area (Å²) < 4.78 is 28.1. The minimum absolute atomic E-state index is 0.00654. The van der Waals surface area contributed by atoms with E-state index < -0.39 is 22.5 Å². The van der Waals surface area contributed by atoms with E-state index >= 15 is 0 Å². The second kappa shape index (κ2) is 10.4. The van der Waals surface area contributed by atoms with E-state index in [0.717, 1.165) is 20.6 Å². The standard InChI is InChI=1S/C27H24ClN3O4S/c1-18-7-11-22(12-8-18)36(34,35)31(25-13-10-21(28)15-19(25)2)17-27(33)30-29-16-24-23-6-4-3-5-20(23)9-14-26(24)32/h3-16,32H,17H2,1-2H3,(H,30,33)/b29-16-. The van der Waals surface area contributed by atoms with Gasteiger partial charge in [-0.2, -0.15) is 5.10 Å². The van der Waals surface area contributed by atoms with E-state index in [-0.39, 0.29) is 10.6 Å². The van der Waals surface area contributed by atoms with Crippen molar-refractivity contribution >= 4 is 50.2 Å². The molecule has 4 aromatic carbocycles. The number of carbonyl (C=O) groups is 1. The van der Waals surface area contributed by atoms with Crippen LogP contribution in [0.3, 0.4) is 0 Å². The predicted octanol–water partition coefficient (Wildman–Crippen LogP) is 5.16. The van der Waals surface area contributed by atoms with Crippen LogP contribution in [-0.2, 0) is 14.8 Å². The van der Waals surface area contributed by atoms with Gasteiger partial charge in [0, 0.05) is 10.6 Å². The van der Waals surface area contributed by atoms with Crippen molar-refractivity contribution in [1.29, 1.82) is 0 Å². The molecule has 9 heteroatoms. The molecule has 0 aliphatic heterocycles. The van der Waals surface area contributed by atoms with Gasteiger partial charge in [0.15, 0.2) is 0 Å². The molecule has 184 valence electrons. The lowest BCUT2D eigenvalue weighted by atomic mass is 10.0. The number of anilines is 1. The Morgan fingerprint density at radius 1 is 1.03 bits per heavy atom. The van der Waals surface area contributed by atoms with E-state index in [1.165, 1.54) is 18.3 Å². The third-order valence-corrected chi connectivity index (χ3v) is 7.66. The van der Waals surface area contributed by atoms with E-state index in [1.54, 1.807) is 49.4 Å². The number of aromatic hydroxyl groups is 1. The summed E-state index contributed by atoms with van der Waals surface area (Å²) in [5, 5.41) is 16.4. The number of sulfonamides is 1. The zero-order valence-electron chi connectivity index (χ0n) is 19.6. The first kappa shape index (κ1) is 25.2. The average molecular weight is 522 g/mol. The first-order valence-electron chi connectivity index (χ1n) is 11.0. The Hall–Kier alpha value is -3.88. The molecule has 0 spiro atoms. The molecule has 36 heavy (non-hydrogen) atoms. The molecule has 2 N–H and O–H groups in total. The van der Waals surface area contributed by atoms with Crippen molar-refractivity contribution in [3.05, 3.63) is 101 Å². The quantitative estimate of drug-likeness (QED) is 0.259. The summed E-state index contributed by atoms with van der Waals surface area (Å²) in [6, 6.07) is 21.9. The van der Waals surface area contributed by atoms with Crippen molar-refractivity contribution in [2.75, 3.05) is 10.8 Å². The highest BCUT2D eigenvalue weighted by Gasteiger charge is 2.28. The summed E-state index contributed by atoms with van der Waals surface area (Å²) in [6.07, 6.45) is 1.34. The second-order valence-electron chi connectivity index (χ2n) is 8.27. The Labute approximate surface area is 214 Å². The number of benzene rings is 4. The van der Waals surface area contributed by atoms with Crippen LogP contribution < -0.4 is 9.73 Å². The molecule has 4 aromatic rings. The number of hydrogen-bond donors (Lipinski definition) is 2. The fourth-order valence-electron chi connectivity index (χ4n) is 3.79. The Morgan fingerprint density at radius 3 is 2.47 bits per heavy atom. The zero-order valence-corrected chi connectivity index (χ0v) is 21.2. The molecule has 0 unspecified atom stereocenters. The normalized spacial score (nSPS) is 11.6. The molecule has 0 saturated carbocycles. The van der Waals surface area contributed by atoms with Crippen LogP contribution in [0.1, 0.15) is 16.7 Å². The highest BCUT2D eigenvalue weighted by Crippen LogP contribution is 2.29. The summed E-state index contributed by atoms with van der Waals surface area (Å²) in [5.41, 5.74) is 4.64. The lowest BCUT2D eigenvalue weighted by Crippen LogP contribution is -2.40. The molecule has 0 bridgehead atoms. The smallest absolute Gasteiger partial charge is 0.264 e. The monoisotopic (exact) mass is 521 g/mol. The van der Waals surface area contributed by atoms with E-state index in [0.29, 0.717) is 21.8 Å². The highest BCUT2D eigenvalue weighted by atomic mass is 35.5. The SMILES string of the molecule is Cc1ccc(S(=O)(=O)N(CC(=O)N/N=C\c2c(O)ccc3ccccc23)c2ccc(Cl)cc2C)cc1. The van der Waals surface area contributed by atoms with Gasteiger partial charge >= 0.3 is 0 Å². The number of fused-ring (bicyclic) bond motifs is 1. The Kier molecular flexibility index (Phi) is 7.28. The molecule has 0 aliphatic rings. The van der Waals surface area contributed by atoms with Gasteiger partial charge in [0.25, 0.3) is 15.9 Å². The molecule has 0 heterocycles. The van der Waals surface area contributed by atoms with Gasteiger partial charge in [-0.15, -0.1) is 0 Å². The molecule has 0 radical (unpaired) electrons. The van der Waals surface area contributed by atoms with Gasteiger partial charge in [-0.3, -0.25) is 9.10 Å². The lowest BCUT2D eigenvalue weighted by Gasteiger charge is -2.25. The molecule has 7 nitrogen and oxygen atoms in total. The number of hydrogen-bond acceptors (Lipinski definition) is 5. The molecule has 0 aliphatic carbocycles. The van der Waals surface area contributed by atoms with Crippen molar-refractivity contribution in [3.63, 3.8) is 0 Å². The summed E-state index contributed by atoms with van der Waals surface area (Å²) >= 11 is 6.07. The van der Waals surface area contributed by atoms with Crippen LogP contribution in [-0.4, -0.2) is 32.2 Å². The number of halogens is 1. The molecule has 1 amide bonds. The van der Waals surface area contributed by atoms with Crippen LogP contribution in [0, 0.1) is 13.8 Å². The fourth-order valence-corrected chi connectivity index (χ4v) is 5.50. The number of hydrazone groups is 1. The summed E-state index contributed by atoms with van der Waals surface area (Å²) in [5.74, 6) is -0.650. The van der Waals surface area contributed by atoms with Gasteiger partial charge in [0.2, 0.25) is 0 Å². The number of phenolic OH excluding ortho intramolecular Hbond substituents is 1. The van der Waals surface area contributed by atoms with Gasteiger partial charge in [-0.05, 0) is 66.6 Å². The van der Waals surface area contributed by atoms with Crippen LogP contribution in [0.15, 0.2) is 88.9 Å². The molecule has 0 aromatic heterocycles. The third-order valence-electron chi connectivity index (χ3n) is 5.65. The van der Waals surface area contributed by atoms with Crippen LogP contribution in [0.25, 0.3) is 10.8 Å². The second-order valence-corrected chi connectivity index (χ2v) is 10.6. The maximum atomic E-state index is 13.5.